The molecule has 0 amide bonds. The minimum Gasteiger partial charge on any atom is -0.481 e. The van der Waals surface area contributed by atoms with Gasteiger partial charge in [0.05, 0.1) is 22.9 Å². The van der Waals surface area contributed by atoms with E-state index in [1.807, 2.05) is 6.07 Å². The Labute approximate surface area is 105 Å². The number of hydrogen-bond acceptors (Lipinski definition) is 4. The Hall–Kier alpha value is -1.91. The summed E-state index contributed by atoms with van der Waals surface area (Å²) in [4.78, 5) is 10.4. The molecule has 0 aliphatic carbocycles. The van der Waals surface area contributed by atoms with Gasteiger partial charge in [0.1, 0.15) is 0 Å². The van der Waals surface area contributed by atoms with Gasteiger partial charge in [0.25, 0.3) is 0 Å². The van der Waals surface area contributed by atoms with Gasteiger partial charge in [-0.1, -0.05) is 6.07 Å². The average molecular weight is 268 g/mol. The number of rotatable bonds is 5. The number of nitrogens with one attached hydrogen (secondary N) is 1. The molecule has 0 aromatic heterocycles. The van der Waals surface area contributed by atoms with Crippen LogP contribution in [0.4, 0.5) is 0 Å². The normalized spacial score (nSPS) is 12.7. The van der Waals surface area contributed by atoms with Crippen LogP contribution in [0.15, 0.2) is 29.2 Å². The van der Waals surface area contributed by atoms with Crippen molar-refractivity contribution in [1.82, 2.24) is 4.72 Å². The van der Waals surface area contributed by atoms with Crippen LogP contribution in [-0.4, -0.2) is 25.5 Å². The third-order valence-electron chi connectivity index (χ3n) is 2.11. The van der Waals surface area contributed by atoms with Crippen molar-refractivity contribution in [2.24, 2.45) is 0 Å². The molecular formula is C11H12N2O4S. The lowest BCUT2D eigenvalue weighted by atomic mass is 10.2. The number of aliphatic carboxylic acids is 1. The summed E-state index contributed by atoms with van der Waals surface area (Å²) in [6.45, 7) is 1.46. The Morgan fingerprint density at radius 3 is 2.78 bits per heavy atom. The standard InChI is InChI=1S/C11H12N2O4S/c1-8(5-11(14)15)13-18(16,17)10-4-2-3-9(6-10)7-12/h2-4,6,8,13H,5H2,1H3,(H,14,15). The van der Waals surface area contributed by atoms with Gasteiger partial charge in [-0.15, -0.1) is 0 Å². The SMILES string of the molecule is CC(CC(=O)O)NS(=O)(=O)c1cccc(C#N)c1. The van der Waals surface area contributed by atoms with E-state index in [0.29, 0.717) is 0 Å². The summed E-state index contributed by atoms with van der Waals surface area (Å²) in [6.07, 6.45) is -0.308. The first-order valence-corrected chi connectivity index (χ1v) is 6.58. The molecule has 1 aromatic carbocycles. The highest BCUT2D eigenvalue weighted by molar-refractivity contribution is 7.89. The molecule has 0 aliphatic rings. The molecule has 1 atom stereocenters. The molecule has 7 heteroatoms. The molecule has 96 valence electrons. The van der Waals surface area contributed by atoms with Gasteiger partial charge in [-0.05, 0) is 25.1 Å². The van der Waals surface area contributed by atoms with Crippen molar-refractivity contribution in [3.05, 3.63) is 29.8 Å². The zero-order valence-electron chi connectivity index (χ0n) is 9.62. The van der Waals surface area contributed by atoms with Gasteiger partial charge < -0.3 is 5.11 Å². The molecule has 18 heavy (non-hydrogen) atoms. The highest BCUT2D eigenvalue weighted by Crippen LogP contribution is 2.11. The Bertz CT molecular complexity index is 589. The minimum atomic E-state index is -3.80. The third-order valence-corrected chi connectivity index (χ3v) is 3.70. The summed E-state index contributed by atoms with van der Waals surface area (Å²) < 4.78 is 26.0. The predicted octanol–water partition coefficient (Wildman–Crippen LogP) is 0.700. The lowest BCUT2D eigenvalue weighted by molar-refractivity contribution is -0.137. The predicted molar refractivity (Wildman–Crippen MR) is 63.2 cm³/mol. The van der Waals surface area contributed by atoms with Crippen LogP contribution in [-0.2, 0) is 14.8 Å². The van der Waals surface area contributed by atoms with Gasteiger partial charge in [0.15, 0.2) is 0 Å². The number of carbonyl (C=O) groups is 1. The highest BCUT2D eigenvalue weighted by atomic mass is 32.2. The third kappa shape index (κ3) is 3.84. The van der Waals surface area contributed by atoms with E-state index in [2.05, 4.69) is 4.72 Å². The van der Waals surface area contributed by atoms with Crippen LogP contribution in [0.5, 0.6) is 0 Å². The van der Waals surface area contributed by atoms with E-state index in [1.54, 1.807) is 0 Å². The fourth-order valence-electron chi connectivity index (χ4n) is 1.37. The molecule has 0 saturated heterocycles. The number of nitrogens with zero attached hydrogens (tertiary/aromatic N) is 1. The van der Waals surface area contributed by atoms with E-state index in [1.165, 1.54) is 31.2 Å². The highest BCUT2D eigenvalue weighted by Gasteiger charge is 2.19. The van der Waals surface area contributed by atoms with Crippen molar-refractivity contribution in [1.29, 1.82) is 5.26 Å². The maximum atomic E-state index is 11.9. The van der Waals surface area contributed by atoms with E-state index >= 15 is 0 Å². The minimum absolute atomic E-state index is 0.0567. The van der Waals surface area contributed by atoms with E-state index in [9.17, 15) is 13.2 Å². The zero-order chi connectivity index (χ0) is 13.8. The number of carboxylic acids is 1. The van der Waals surface area contributed by atoms with Crippen LogP contribution in [0.3, 0.4) is 0 Å². The Kier molecular flexibility index (Phi) is 4.42. The van der Waals surface area contributed by atoms with Crippen LogP contribution < -0.4 is 4.72 Å². The van der Waals surface area contributed by atoms with E-state index in [-0.39, 0.29) is 16.9 Å². The van der Waals surface area contributed by atoms with E-state index in [0.717, 1.165) is 0 Å². The first-order chi connectivity index (χ1) is 8.35. The van der Waals surface area contributed by atoms with Crippen LogP contribution in [0.1, 0.15) is 18.9 Å². The van der Waals surface area contributed by atoms with Gasteiger partial charge in [0.2, 0.25) is 10.0 Å². The van der Waals surface area contributed by atoms with E-state index in [4.69, 9.17) is 10.4 Å². The Balaban J connectivity index is 2.93. The van der Waals surface area contributed by atoms with Crippen molar-refractivity contribution in [3.63, 3.8) is 0 Å². The monoisotopic (exact) mass is 268 g/mol. The molecular weight excluding hydrogens is 256 g/mol. The molecule has 0 heterocycles. The quantitative estimate of drug-likeness (QED) is 0.817. The van der Waals surface area contributed by atoms with Crippen molar-refractivity contribution in [2.45, 2.75) is 24.3 Å². The molecule has 0 bridgehead atoms. The smallest absolute Gasteiger partial charge is 0.304 e. The topological polar surface area (TPSA) is 107 Å². The molecule has 0 fully saturated rings. The Morgan fingerprint density at radius 1 is 1.56 bits per heavy atom. The summed E-state index contributed by atoms with van der Waals surface area (Å²) in [5.74, 6) is -1.09. The fourth-order valence-corrected chi connectivity index (χ4v) is 2.66. The van der Waals surface area contributed by atoms with Crippen molar-refractivity contribution in [2.75, 3.05) is 0 Å². The van der Waals surface area contributed by atoms with Gasteiger partial charge in [-0.3, -0.25) is 4.79 Å². The molecule has 2 N–H and O–H groups in total. The number of sulfonamides is 1. The molecule has 0 saturated carbocycles. The maximum Gasteiger partial charge on any atom is 0.304 e. The van der Waals surface area contributed by atoms with Gasteiger partial charge in [-0.25, -0.2) is 13.1 Å². The van der Waals surface area contributed by atoms with E-state index < -0.39 is 22.0 Å². The van der Waals surface area contributed by atoms with Crippen LogP contribution in [0.25, 0.3) is 0 Å². The molecule has 6 nitrogen and oxygen atoms in total. The number of carboxylic acid groups (broad SMARTS) is 1. The van der Waals surface area contributed by atoms with Crippen molar-refractivity contribution in [3.8, 4) is 6.07 Å². The van der Waals surface area contributed by atoms with Crippen LogP contribution in [0.2, 0.25) is 0 Å². The molecule has 1 unspecified atom stereocenters. The lowest BCUT2D eigenvalue weighted by Gasteiger charge is -2.12. The first kappa shape index (κ1) is 14.2. The first-order valence-electron chi connectivity index (χ1n) is 5.09. The summed E-state index contributed by atoms with van der Waals surface area (Å²) in [5.41, 5.74) is 0.226. The van der Waals surface area contributed by atoms with Gasteiger partial charge in [-0.2, -0.15) is 5.26 Å². The summed E-state index contributed by atoms with van der Waals surface area (Å²) >= 11 is 0. The van der Waals surface area contributed by atoms with Gasteiger partial charge >= 0.3 is 5.97 Å². The number of benzene rings is 1. The molecule has 0 spiro atoms. The zero-order valence-corrected chi connectivity index (χ0v) is 10.4. The fraction of sp³-hybridized carbons (Fsp3) is 0.273. The number of hydrogen-bond donors (Lipinski definition) is 2. The largest absolute Gasteiger partial charge is 0.481 e. The summed E-state index contributed by atoms with van der Waals surface area (Å²) in [5, 5.41) is 17.2. The van der Waals surface area contributed by atoms with Crippen molar-refractivity contribution < 1.29 is 18.3 Å². The lowest BCUT2D eigenvalue weighted by Crippen LogP contribution is -2.34. The maximum absolute atomic E-state index is 11.9. The molecule has 0 aliphatic heterocycles. The Morgan fingerprint density at radius 2 is 2.22 bits per heavy atom. The second-order valence-corrected chi connectivity index (χ2v) is 5.47. The number of nitriles is 1. The molecule has 0 radical (unpaired) electrons. The van der Waals surface area contributed by atoms with Crippen molar-refractivity contribution >= 4 is 16.0 Å². The second-order valence-electron chi connectivity index (χ2n) is 3.76. The summed E-state index contributed by atoms with van der Waals surface area (Å²) in [7, 11) is -3.80. The van der Waals surface area contributed by atoms with Crippen LogP contribution >= 0.6 is 0 Å². The van der Waals surface area contributed by atoms with Crippen LogP contribution in [0, 0.1) is 11.3 Å². The second kappa shape index (κ2) is 5.62. The molecule has 1 aromatic rings. The molecule has 1 rings (SSSR count). The van der Waals surface area contributed by atoms with Gasteiger partial charge in [0, 0.05) is 6.04 Å². The average Bonchev–Trinajstić information content (AvgIpc) is 2.27. The summed E-state index contributed by atoms with van der Waals surface area (Å²) in [6, 6.07) is 6.63.